The molecule has 7 nitrogen and oxygen atoms in total. The first kappa shape index (κ1) is 18.2. The highest BCUT2D eigenvalue weighted by Crippen LogP contribution is 2.34. The van der Waals surface area contributed by atoms with Gasteiger partial charge in [0.2, 0.25) is 5.88 Å². The van der Waals surface area contributed by atoms with Crippen LogP contribution < -0.4 is 4.74 Å². The average Bonchev–Trinajstić information content (AvgIpc) is 3.36. The van der Waals surface area contributed by atoms with Crippen molar-refractivity contribution in [2.45, 2.75) is 32.7 Å². The summed E-state index contributed by atoms with van der Waals surface area (Å²) in [5, 5.41) is 4.12. The molecule has 7 heteroatoms. The van der Waals surface area contributed by atoms with Crippen molar-refractivity contribution in [1.29, 1.82) is 0 Å². The number of methoxy groups -OCH3 is 1. The Morgan fingerprint density at radius 2 is 2.11 bits per heavy atom. The van der Waals surface area contributed by atoms with E-state index in [1.54, 1.807) is 7.11 Å². The lowest BCUT2D eigenvalue weighted by molar-refractivity contribution is 0.0731. The zero-order valence-electron chi connectivity index (χ0n) is 16.2. The molecule has 1 aliphatic heterocycles. The lowest BCUT2D eigenvalue weighted by Gasteiger charge is -2.23. The lowest BCUT2D eigenvalue weighted by atomic mass is 10.0. The number of benzene rings is 1. The Hall–Kier alpha value is -3.22. The van der Waals surface area contributed by atoms with Gasteiger partial charge >= 0.3 is 0 Å². The number of carbonyl (C=O) groups is 1. The van der Waals surface area contributed by atoms with E-state index in [-0.39, 0.29) is 11.9 Å². The minimum absolute atomic E-state index is 0.0153. The average molecular weight is 378 g/mol. The molecule has 0 aliphatic carbocycles. The molecule has 1 aliphatic rings. The van der Waals surface area contributed by atoms with Crippen molar-refractivity contribution in [2.24, 2.45) is 0 Å². The minimum atomic E-state index is -0.0510. The molecule has 0 radical (unpaired) electrons. The van der Waals surface area contributed by atoms with Crippen LogP contribution in [-0.4, -0.2) is 39.6 Å². The van der Waals surface area contributed by atoms with Gasteiger partial charge in [0.25, 0.3) is 5.91 Å². The molecule has 144 valence electrons. The third kappa shape index (κ3) is 3.24. The highest BCUT2D eigenvalue weighted by atomic mass is 16.5. The van der Waals surface area contributed by atoms with Crippen LogP contribution in [0.15, 0.2) is 41.2 Å². The molecular formula is C21H22N4O3. The Morgan fingerprint density at radius 1 is 1.25 bits per heavy atom. The van der Waals surface area contributed by atoms with Gasteiger partial charge in [0.05, 0.1) is 24.4 Å². The van der Waals surface area contributed by atoms with E-state index in [1.165, 1.54) is 6.33 Å². The smallest absolute Gasteiger partial charge is 0.254 e. The van der Waals surface area contributed by atoms with Gasteiger partial charge in [-0.15, -0.1) is 0 Å². The summed E-state index contributed by atoms with van der Waals surface area (Å²) < 4.78 is 10.6. The predicted octanol–water partition coefficient (Wildman–Crippen LogP) is 3.73. The van der Waals surface area contributed by atoms with E-state index in [9.17, 15) is 4.79 Å². The number of amides is 1. The third-order valence-corrected chi connectivity index (χ3v) is 5.09. The third-order valence-electron chi connectivity index (χ3n) is 5.09. The molecule has 28 heavy (non-hydrogen) atoms. The van der Waals surface area contributed by atoms with Crippen molar-refractivity contribution in [2.75, 3.05) is 13.7 Å². The van der Waals surface area contributed by atoms with Crippen LogP contribution >= 0.6 is 0 Å². The molecule has 3 heterocycles. The van der Waals surface area contributed by atoms with Gasteiger partial charge in [0, 0.05) is 18.2 Å². The second kappa shape index (κ2) is 7.42. The molecule has 3 aromatic rings. The molecule has 4 rings (SSSR count). The Balaban J connectivity index is 1.67. The van der Waals surface area contributed by atoms with Crippen LogP contribution in [0.1, 0.15) is 46.4 Å². The number of likely N-dealkylation sites (tertiary alicyclic amines) is 1. The van der Waals surface area contributed by atoms with Crippen molar-refractivity contribution in [3.05, 3.63) is 59.4 Å². The number of aryl methyl sites for hydroxylation is 2. The number of carbonyl (C=O) groups excluding carboxylic acids is 1. The van der Waals surface area contributed by atoms with E-state index >= 15 is 0 Å². The number of aromatic nitrogens is 3. The van der Waals surface area contributed by atoms with Crippen LogP contribution in [0.25, 0.3) is 11.1 Å². The fourth-order valence-corrected chi connectivity index (χ4v) is 3.77. The van der Waals surface area contributed by atoms with Gasteiger partial charge in [-0.1, -0.05) is 17.3 Å². The summed E-state index contributed by atoms with van der Waals surface area (Å²) in [7, 11) is 1.58. The molecule has 0 saturated carbocycles. The molecule has 1 aromatic carbocycles. The Morgan fingerprint density at radius 3 is 2.86 bits per heavy atom. The van der Waals surface area contributed by atoms with Crippen molar-refractivity contribution < 1.29 is 14.1 Å². The van der Waals surface area contributed by atoms with Crippen LogP contribution in [-0.2, 0) is 0 Å². The quantitative estimate of drug-likeness (QED) is 0.688. The van der Waals surface area contributed by atoms with Gasteiger partial charge < -0.3 is 14.2 Å². The summed E-state index contributed by atoms with van der Waals surface area (Å²) in [6.45, 7) is 4.46. The second-order valence-electron chi connectivity index (χ2n) is 6.94. The fourth-order valence-electron chi connectivity index (χ4n) is 3.77. The predicted molar refractivity (Wildman–Crippen MR) is 103 cm³/mol. The molecule has 1 fully saturated rings. The maximum Gasteiger partial charge on any atom is 0.254 e. The Kier molecular flexibility index (Phi) is 4.81. The van der Waals surface area contributed by atoms with E-state index in [4.69, 9.17) is 9.26 Å². The van der Waals surface area contributed by atoms with E-state index in [2.05, 4.69) is 15.1 Å². The van der Waals surface area contributed by atoms with Crippen molar-refractivity contribution in [3.8, 4) is 17.0 Å². The maximum absolute atomic E-state index is 13.3. The molecule has 0 spiro atoms. The SMILES string of the molecule is COc1ncnc(C)c1-c1cccc(C(=O)N2CCC[C@H]2c2cc(C)on2)c1. The number of hydrogen-bond acceptors (Lipinski definition) is 6. The maximum atomic E-state index is 13.3. The van der Waals surface area contributed by atoms with Gasteiger partial charge in [0.1, 0.15) is 17.8 Å². The number of hydrogen-bond donors (Lipinski definition) is 0. The molecule has 0 N–H and O–H groups in total. The molecule has 1 saturated heterocycles. The van der Waals surface area contributed by atoms with Crippen molar-refractivity contribution in [3.63, 3.8) is 0 Å². The molecule has 1 amide bonds. The van der Waals surface area contributed by atoms with Crippen LogP contribution in [0.5, 0.6) is 5.88 Å². The van der Waals surface area contributed by atoms with Crippen molar-refractivity contribution in [1.82, 2.24) is 20.0 Å². The van der Waals surface area contributed by atoms with Gasteiger partial charge in [-0.3, -0.25) is 4.79 Å². The summed E-state index contributed by atoms with van der Waals surface area (Å²) in [5.41, 5.74) is 3.88. The molecule has 2 aromatic heterocycles. The number of rotatable bonds is 4. The van der Waals surface area contributed by atoms with E-state index < -0.39 is 0 Å². The van der Waals surface area contributed by atoms with Crippen LogP contribution in [0, 0.1) is 13.8 Å². The summed E-state index contributed by atoms with van der Waals surface area (Å²) >= 11 is 0. The number of ether oxygens (including phenoxy) is 1. The highest BCUT2D eigenvalue weighted by Gasteiger charge is 2.32. The fraction of sp³-hybridized carbons (Fsp3) is 0.333. The zero-order valence-corrected chi connectivity index (χ0v) is 16.2. The summed E-state index contributed by atoms with van der Waals surface area (Å²) in [6, 6.07) is 9.38. The Bertz CT molecular complexity index is 1010. The van der Waals surface area contributed by atoms with Crippen molar-refractivity contribution >= 4 is 5.91 Å². The van der Waals surface area contributed by atoms with Gasteiger partial charge in [-0.2, -0.15) is 0 Å². The number of nitrogens with zero attached hydrogens (tertiary/aromatic N) is 4. The monoisotopic (exact) mass is 378 g/mol. The standard InChI is InChI=1S/C21H22N4O3/c1-13-10-17(24-28-13)18-8-5-9-25(18)21(26)16-7-4-6-15(11-16)19-14(2)22-12-23-20(19)27-3/h4,6-7,10-12,18H,5,8-9H2,1-3H3/t18-/m0/s1. The van der Waals surface area contributed by atoms with Crippen LogP contribution in [0.4, 0.5) is 0 Å². The van der Waals surface area contributed by atoms with Crippen LogP contribution in [0.3, 0.4) is 0 Å². The van der Waals surface area contributed by atoms with Gasteiger partial charge in [0.15, 0.2) is 0 Å². The van der Waals surface area contributed by atoms with E-state index in [0.717, 1.165) is 41.1 Å². The summed E-state index contributed by atoms with van der Waals surface area (Å²) in [6.07, 6.45) is 3.31. The molecule has 0 bridgehead atoms. The zero-order chi connectivity index (χ0) is 19.7. The summed E-state index contributed by atoms with van der Waals surface area (Å²) in [4.78, 5) is 23.6. The van der Waals surface area contributed by atoms with E-state index in [1.807, 2.05) is 49.1 Å². The minimum Gasteiger partial charge on any atom is -0.480 e. The second-order valence-corrected chi connectivity index (χ2v) is 6.94. The van der Waals surface area contributed by atoms with Gasteiger partial charge in [-0.25, -0.2) is 9.97 Å². The van der Waals surface area contributed by atoms with Gasteiger partial charge in [-0.05, 0) is 44.4 Å². The first-order chi connectivity index (χ1) is 13.6. The first-order valence-electron chi connectivity index (χ1n) is 9.28. The lowest BCUT2D eigenvalue weighted by Crippen LogP contribution is -2.30. The molecular weight excluding hydrogens is 356 g/mol. The largest absolute Gasteiger partial charge is 0.480 e. The molecule has 1 atom stereocenters. The van der Waals surface area contributed by atoms with E-state index in [0.29, 0.717) is 18.0 Å². The highest BCUT2D eigenvalue weighted by molar-refractivity contribution is 5.96. The summed E-state index contributed by atoms with van der Waals surface area (Å²) in [5.74, 6) is 1.23. The Labute approximate surface area is 163 Å². The normalized spacial score (nSPS) is 16.4. The molecule has 0 unspecified atom stereocenters. The topological polar surface area (TPSA) is 81.4 Å². The first-order valence-corrected chi connectivity index (χ1v) is 9.28. The van der Waals surface area contributed by atoms with Crippen LogP contribution in [0.2, 0.25) is 0 Å².